The van der Waals surface area contributed by atoms with E-state index in [2.05, 4.69) is 10.6 Å². The summed E-state index contributed by atoms with van der Waals surface area (Å²) in [5, 5.41) is 5.63. The van der Waals surface area contributed by atoms with Crippen molar-refractivity contribution in [2.45, 2.75) is 25.4 Å². The third-order valence-corrected chi connectivity index (χ3v) is 4.27. The molecule has 7 heteroatoms. The maximum absolute atomic E-state index is 13.3. The van der Waals surface area contributed by atoms with Crippen LogP contribution in [-0.4, -0.2) is 24.3 Å². The van der Waals surface area contributed by atoms with E-state index in [1.54, 1.807) is 25.4 Å². The van der Waals surface area contributed by atoms with Crippen LogP contribution >= 0.6 is 0 Å². The Hall–Kier alpha value is -2.67. The Morgan fingerprint density at radius 1 is 1.36 bits per heavy atom. The quantitative estimate of drug-likeness (QED) is 0.874. The summed E-state index contributed by atoms with van der Waals surface area (Å²) in [6.45, 7) is 0.818. The van der Waals surface area contributed by atoms with Gasteiger partial charge in [0.2, 0.25) is 0 Å². The van der Waals surface area contributed by atoms with Crippen molar-refractivity contribution in [1.29, 1.82) is 0 Å². The van der Waals surface area contributed by atoms with E-state index >= 15 is 0 Å². The van der Waals surface area contributed by atoms with Crippen LogP contribution in [0.1, 0.15) is 23.6 Å². The van der Waals surface area contributed by atoms with E-state index in [1.807, 2.05) is 0 Å². The fraction of sp³-hybridized carbons (Fsp3) is 0.333. The number of carbonyl (C=O) groups excluding carboxylic acids is 1. The van der Waals surface area contributed by atoms with Gasteiger partial charge in [0.15, 0.2) is 0 Å². The molecule has 1 atom stereocenters. The van der Waals surface area contributed by atoms with Crippen LogP contribution in [0.15, 0.2) is 41.3 Å². The molecule has 2 aromatic rings. The fourth-order valence-corrected chi connectivity index (χ4v) is 3.03. The summed E-state index contributed by atoms with van der Waals surface area (Å²) < 4.78 is 19.7. The Kier molecular flexibility index (Phi) is 5.14. The summed E-state index contributed by atoms with van der Waals surface area (Å²) in [6, 6.07) is 7.09. The summed E-state index contributed by atoms with van der Waals surface area (Å²) in [5.74, 6) is -0.262. The summed E-state index contributed by atoms with van der Waals surface area (Å²) >= 11 is 0. The van der Waals surface area contributed by atoms with E-state index < -0.39 is 0 Å². The average molecular weight is 345 g/mol. The van der Waals surface area contributed by atoms with Crippen molar-refractivity contribution in [1.82, 2.24) is 9.88 Å². The molecule has 1 heterocycles. The van der Waals surface area contributed by atoms with Crippen molar-refractivity contribution >= 4 is 11.7 Å². The van der Waals surface area contributed by atoms with Gasteiger partial charge in [-0.3, -0.25) is 4.79 Å². The number of aryl methyl sites for hydroxylation is 1. The summed E-state index contributed by atoms with van der Waals surface area (Å²) in [7, 11) is 1.56. The lowest BCUT2D eigenvalue weighted by atomic mass is 10.1. The molecule has 0 radical (unpaired) electrons. The number of hydrogen-bond donors (Lipinski definition) is 2. The van der Waals surface area contributed by atoms with E-state index in [9.17, 15) is 14.0 Å². The Labute approximate surface area is 144 Å². The second kappa shape index (κ2) is 7.48. The summed E-state index contributed by atoms with van der Waals surface area (Å²) in [4.78, 5) is 24.0. The molecule has 0 saturated heterocycles. The molecule has 0 saturated carbocycles. The minimum atomic E-state index is -0.362. The van der Waals surface area contributed by atoms with Crippen LogP contribution in [-0.2, 0) is 17.7 Å². The highest BCUT2D eigenvalue weighted by molar-refractivity contribution is 5.89. The SMILES string of the molecule is COCCn1cc(NC(=O)N[C@@H]2CCc3cc(F)ccc32)ccc1=O. The van der Waals surface area contributed by atoms with Crippen molar-refractivity contribution in [2.24, 2.45) is 0 Å². The monoisotopic (exact) mass is 345 g/mol. The molecule has 6 nitrogen and oxygen atoms in total. The second-order valence-electron chi connectivity index (χ2n) is 5.98. The number of carbonyl (C=O) groups is 1. The van der Waals surface area contributed by atoms with E-state index in [0.717, 1.165) is 24.0 Å². The van der Waals surface area contributed by atoms with E-state index in [1.165, 1.54) is 22.8 Å². The lowest BCUT2D eigenvalue weighted by molar-refractivity contribution is 0.186. The van der Waals surface area contributed by atoms with Gasteiger partial charge < -0.3 is 19.9 Å². The van der Waals surface area contributed by atoms with Crippen LogP contribution < -0.4 is 16.2 Å². The molecule has 25 heavy (non-hydrogen) atoms. The van der Waals surface area contributed by atoms with Crippen LogP contribution in [0.3, 0.4) is 0 Å². The maximum Gasteiger partial charge on any atom is 0.319 e. The highest BCUT2D eigenvalue weighted by Crippen LogP contribution is 2.31. The van der Waals surface area contributed by atoms with Crippen LogP contribution in [0.2, 0.25) is 0 Å². The number of aromatic nitrogens is 1. The van der Waals surface area contributed by atoms with Crippen molar-refractivity contribution in [3.63, 3.8) is 0 Å². The molecule has 0 aliphatic heterocycles. The zero-order chi connectivity index (χ0) is 17.8. The number of methoxy groups -OCH3 is 1. The standard InChI is InChI=1S/C18H20FN3O3/c1-25-9-8-22-11-14(4-7-17(22)23)20-18(24)21-16-6-2-12-10-13(19)3-5-15(12)16/h3-5,7,10-11,16H,2,6,8-9H2,1H3,(H2,20,21,24)/t16-/m1/s1. The van der Waals surface area contributed by atoms with Crippen molar-refractivity contribution in [3.05, 3.63) is 63.8 Å². The average Bonchev–Trinajstić information content (AvgIpc) is 2.97. The number of rotatable bonds is 5. The number of fused-ring (bicyclic) bond motifs is 1. The van der Waals surface area contributed by atoms with E-state index in [0.29, 0.717) is 18.8 Å². The number of pyridine rings is 1. The molecule has 2 amide bonds. The lowest BCUT2D eigenvalue weighted by Gasteiger charge is -2.15. The molecule has 0 spiro atoms. The number of ether oxygens (including phenoxy) is 1. The van der Waals surface area contributed by atoms with Gasteiger partial charge in [0.1, 0.15) is 5.82 Å². The third-order valence-electron chi connectivity index (χ3n) is 4.27. The van der Waals surface area contributed by atoms with Crippen LogP contribution in [0.25, 0.3) is 0 Å². The van der Waals surface area contributed by atoms with Gasteiger partial charge in [-0.2, -0.15) is 0 Å². The largest absolute Gasteiger partial charge is 0.383 e. The zero-order valence-electron chi connectivity index (χ0n) is 13.9. The summed E-state index contributed by atoms with van der Waals surface area (Å²) in [6.07, 6.45) is 3.05. The van der Waals surface area contributed by atoms with Crippen molar-refractivity contribution < 1.29 is 13.9 Å². The van der Waals surface area contributed by atoms with Gasteiger partial charge >= 0.3 is 6.03 Å². The normalized spacial score (nSPS) is 15.7. The number of amides is 2. The number of nitrogens with zero attached hydrogens (tertiary/aromatic N) is 1. The van der Waals surface area contributed by atoms with Crippen molar-refractivity contribution in [2.75, 3.05) is 19.0 Å². The first kappa shape index (κ1) is 17.2. The molecule has 0 bridgehead atoms. The molecule has 132 valence electrons. The fourth-order valence-electron chi connectivity index (χ4n) is 3.03. The summed E-state index contributed by atoms with van der Waals surface area (Å²) in [5.41, 5.74) is 2.24. The molecule has 2 N–H and O–H groups in total. The van der Waals surface area contributed by atoms with Gasteiger partial charge in [-0.15, -0.1) is 0 Å². The topological polar surface area (TPSA) is 72.4 Å². The minimum Gasteiger partial charge on any atom is -0.383 e. The van der Waals surface area contributed by atoms with Gasteiger partial charge in [-0.1, -0.05) is 6.07 Å². The highest BCUT2D eigenvalue weighted by Gasteiger charge is 2.24. The first-order valence-electron chi connectivity index (χ1n) is 8.12. The Morgan fingerprint density at radius 3 is 3.00 bits per heavy atom. The number of anilines is 1. The molecule has 1 aromatic carbocycles. The first-order valence-corrected chi connectivity index (χ1v) is 8.12. The van der Waals surface area contributed by atoms with E-state index in [4.69, 9.17) is 4.74 Å². The number of benzene rings is 1. The zero-order valence-corrected chi connectivity index (χ0v) is 13.9. The first-order chi connectivity index (χ1) is 12.1. The third kappa shape index (κ3) is 4.06. The number of halogens is 1. The molecule has 0 fully saturated rings. The van der Waals surface area contributed by atoms with Gasteiger partial charge in [0.25, 0.3) is 5.56 Å². The van der Waals surface area contributed by atoms with E-state index in [-0.39, 0.29) is 23.4 Å². The second-order valence-corrected chi connectivity index (χ2v) is 5.98. The minimum absolute atomic E-state index is 0.144. The molecular formula is C18H20FN3O3. The Bertz CT molecular complexity index is 835. The molecule has 1 aliphatic carbocycles. The molecule has 3 rings (SSSR count). The molecule has 1 aromatic heterocycles. The van der Waals surface area contributed by atoms with Crippen LogP contribution in [0.4, 0.5) is 14.9 Å². The lowest BCUT2D eigenvalue weighted by Crippen LogP contribution is -2.32. The van der Waals surface area contributed by atoms with Crippen molar-refractivity contribution in [3.8, 4) is 0 Å². The molecule has 0 unspecified atom stereocenters. The number of hydrogen-bond acceptors (Lipinski definition) is 3. The maximum atomic E-state index is 13.3. The smallest absolute Gasteiger partial charge is 0.319 e. The Morgan fingerprint density at radius 2 is 2.20 bits per heavy atom. The Balaban J connectivity index is 1.65. The molecular weight excluding hydrogens is 325 g/mol. The predicted molar refractivity (Wildman–Crippen MR) is 92.2 cm³/mol. The highest BCUT2D eigenvalue weighted by atomic mass is 19.1. The van der Waals surface area contributed by atoms with Gasteiger partial charge in [0.05, 0.1) is 18.3 Å². The van der Waals surface area contributed by atoms with Crippen LogP contribution in [0.5, 0.6) is 0 Å². The van der Waals surface area contributed by atoms with Gasteiger partial charge in [-0.25, -0.2) is 9.18 Å². The molecule has 1 aliphatic rings. The van der Waals surface area contributed by atoms with Gasteiger partial charge in [-0.05, 0) is 42.2 Å². The van der Waals surface area contributed by atoms with Gasteiger partial charge in [0, 0.05) is 25.9 Å². The van der Waals surface area contributed by atoms with Crippen LogP contribution in [0, 0.1) is 5.82 Å². The predicted octanol–water partition coefficient (Wildman–Crippen LogP) is 2.44. The number of nitrogens with one attached hydrogen (secondary N) is 2. The number of urea groups is 1.